The van der Waals surface area contributed by atoms with Crippen molar-refractivity contribution in [1.82, 2.24) is 4.90 Å². The minimum atomic E-state index is -1.08. The Balaban J connectivity index is 2.70. The summed E-state index contributed by atoms with van der Waals surface area (Å²) in [5.74, 6) is -0.692. The molecule has 0 aromatic heterocycles. The van der Waals surface area contributed by atoms with E-state index in [0.717, 1.165) is 11.3 Å². The first kappa shape index (κ1) is 16.0. The lowest BCUT2D eigenvalue weighted by atomic mass is 10.1. The number of amides is 1. The number of methoxy groups -OCH3 is 1. The molecule has 0 aliphatic rings. The lowest BCUT2D eigenvalue weighted by molar-refractivity contribution is -0.142. The van der Waals surface area contributed by atoms with E-state index in [0.29, 0.717) is 13.1 Å². The molecule has 1 aromatic carbocycles. The van der Waals surface area contributed by atoms with Crippen molar-refractivity contribution < 1.29 is 19.4 Å². The SMILES string of the molecule is CCN(Cc1ccc(OC)cc1)C(=O)C(N)CC(=O)O. The van der Waals surface area contributed by atoms with Crippen molar-refractivity contribution in [2.24, 2.45) is 5.73 Å². The Morgan fingerprint density at radius 3 is 2.40 bits per heavy atom. The van der Waals surface area contributed by atoms with Crippen LogP contribution in [0.25, 0.3) is 0 Å². The number of rotatable bonds is 7. The third-order valence-electron chi connectivity index (χ3n) is 2.94. The highest BCUT2D eigenvalue weighted by atomic mass is 16.5. The molecule has 1 amide bonds. The Bertz CT molecular complexity index is 459. The molecule has 3 N–H and O–H groups in total. The van der Waals surface area contributed by atoms with Crippen LogP contribution in [0.4, 0.5) is 0 Å². The summed E-state index contributed by atoms with van der Waals surface area (Å²) in [4.78, 5) is 24.2. The quantitative estimate of drug-likeness (QED) is 0.772. The molecule has 1 atom stereocenters. The summed E-state index contributed by atoms with van der Waals surface area (Å²) < 4.78 is 5.06. The lowest BCUT2D eigenvalue weighted by Crippen LogP contribution is -2.44. The topological polar surface area (TPSA) is 92.9 Å². The summed E-state index contributed by atoms with van der Waals surface area (Å²) in [6.45, 7) is 2.69. The van der Waals surface area contributed by atoms with Gasteiger partial charge in [-0.25, -0.2) is 0 Å². The van der Waals surface area contributed by atoms with Gasteiger partial charge < -0.3 is 20.5 Å². The highest BCUT2D eigenvalue weighted by molar-refractivity contribution is 5.85. The highest BCUT2D eigenvalue weighted by Gasteiger charge is 2.22. The Labute approximate surface area is 118 Å². The number of hydrogen-bond acceptors (Lipinski definition) is 4. The minimum absolute atomic E-state index is 0.356. The van der Waals surface area contributed by atoms with Crippen LogP contribution in [0, 0.1) is 0 Å². The van der Waals surface area contributed by atoms with Gasteiger partial charge in [-0.05, 0) is 24.6 Å². The van der Waals surface area contributed by atoms with E-state index in [1.807, 2.05) is 31.2 Å². The third kappa shape index (κ3) is 4.55. The zero-order chi connectivity index (χ0) is 15.1. The second-order valence-corrected chi connectivity index (χ2v) is 4.40. The van der Waals surface area contributed by atoms with Crippen LogP contribution in [0.1, 0.15) is 18.9 Å². The van der Waals surface area contributed by atoms with E-state index < -0.39 is 12.0 Å². The zero-order valence-corrected chi connectivity index (χ0v) is 11.7. The number of carbonyl (C=O) groups excluding carboxylic acids is 1. The zero-order valence-electron chi connectivity index (χ0n) is 11.7. The number of hydrogen-bond donors (Lipinski definition) is 2. The van der Waals surface area contributed by atoms with E-state index in [1.165, 1.54) is 4.90 Å². The van der Waals surface area contributed by atoms with Crippen LogP contribution >= 0.6 is 0 Å². The van der Waals surface area contributed by atoms with Gasteiger partial charge in [0.2, 0.25) is 5.91 Å². The normalized spacial score (nSPS) is 11.8. The fraction of sp³-hybridized carbons (Fsp3) is 0.429. The first-order chi connectivity index (χ1) is 9.47. The second kappa shape index (κ2) is 7.49. The Morgan fingerprint density at radius 1 is 1.35 bits per heavy atom. The molecule has 0 saturated carbocycles. The summed E-state index contributed by atoms with van der Waals surface area (Å²) in [6, 6.07) is 6.33. The van der Waals surface area contributed by atoms with Gasteiger partial charge in [0.25, 0.3) is 0 Å². The van der Waals surface area contributed by atoms with E-state index in [4.69, 9.17) is 15.6 Å². The van der Waals surface area contributed by atoms with Crippen molar-refractivity contribution in [3.8, 4) is 5.75 Å². The molecule has 6 heteroatoms. The molecule has 0 fully saturated rings. The van der Waals surface area contributed by atoms with Crippen LogP contribution in [0.15, 0.2) is 24.3 Å². The maximum atomic E-state index is 12.1. The van der Waals surface area contributed by atoms with Crippen LogP contribution < -0.4 is 10.5 Å². The monoisotopic (exact) mass is 280 g/mol. The molecule has 0 aliphatic heterocycles. The number of likely N-dealkylation sites (N-methyl/N-ethyl adjacent to an activating group) is 1. The van der Waals surface area contributed by atoms with Gasteiger partial charge >= 0.3 is 5.97 Å². The Kier molecular flexibility index (Phi) is 5.99. The van der Waals surface area contributed by atoms with E-state index in [-0.39, 0.29) is 12.3 Å². The number of carbonyl (C=O) groups is 2. The summed E-state index contributed by atoms with van der Waals surface area (Å²) in [5, 5.41) is 8.67. The minimum Gasteiger partial charge on any atom is -0.497 e. The molecule has 0 bridgehead atoms. The molecule has 1 unspecified atom stereocenters. The average Bonchev–Trinajstić information content (AvgIpc) is 2.44. The Morgan fingerprint density at radius 2 is 1.95 bits per heavy atom. The molecular weight excluding hydrogens is 260 g/mol. The number of nitrogens with two attached hydrogens (primary N) is 1. The van der Waals surface area contributed by atoms with Gasteiger partial charge in [-0.1, -0.05) is 12.1 Å². The van der Waals surface area contributed by atoms with Crippen LogP contribution in [-0.2, 0) is 16.1 Å². The predicted molar refractivity (Wildman–Crippen MR) is 74.3 cm³/mol. The van der Waals surface area contributed by atoms with E-state index in [1.54, 1.807) is 7.11 Å². The second-order valence-electron chi connectivity index (χ2n) is 4.40. The van der Waals surface area contributed by atoms with Gasteiger partial charge in [0.05, 0.1) is 19.6 Å². The van der Waals surface area contributed by atoms with E-state index >= 15 is 0 Å². The molecule has 1 rings (SSSR count). The van der Waals surface area contributed by atoms with E-state index in [2.05, 4.69) is 0 Å². The van der Waals surface area contributed by atoms with Crippen molar-refractivity contribution in [3.05, 3.63) is 29.8 Å². The first-order valence-corrected chi connectivity index (χ1v) is 6.37. The van der Waals surface area contributed by atoms with Crippen molar-refractivity contribution >= 4 is 11.9 Å². The standard InChI is InChI=1S/C14H20N2O4/c1-3-16(14(19)12(15)8-13(17)18)9-10-4-6-11(20-2)7-5-10/h4-7,12H,3,8-9,15H2,1-2H3,(H,17,18). The predicted octanol–water partition coefficient (Wildman–Crippen LogP) is 0.846. The molecule has 110 valence electrons. The van der Waals surface area contributed by atoms with Gasteiger partial charge in [-0.2, -0.15) is 0 Å². The number of carboxylic acid groups (broad SMARTS) is 1. The molecule has 0 radical (unpaired) electrons. The van der Waals surface area contributed by atoms with E-state index in [9.17, 15) is 9.59 Å². The van der Waals surface area contributed by atoms with Gasteiger partial charge in [0, 0.05) is 13.1 Å². The van der Waals surface area contributed by atoms with Crippen LogP contribution in [0.2, 0.25) is 0 Å². The maximum Gasteiger partial charge on any atom is 0.305 e. The van der Waals surface area contributed by atoms with Crippen molar-refractivity contribution in [1.29, 1.82) is 0 Å². The molecule has 0 saturated heterocycles. The molecule has 6 nitrogen and oxygen atoms in total. The number of nitrogens with zero attached hydrogens (tertiary/aromatic N) is 1. The highest BCUT2D eigenvalue weighted by Crippen LogP contribution is 2.13. The Hall–Kier alpha value is -2.08. The van der Waals surface area contributed by atoms with Crippen molar-refractivity contribution in [2.75, 3.05) is 13.7 Å². The number of benzene rings is 1. The lowest BCUT2D eigenvalue weighted by Gasteiger charge is -2.24. The number of carboxylic acids is 1. The smallest absolute Gasteiger partial charge is 0.305 e. The molecular formula is C14H20N2O4. The molecule has 1 aromatic rings. The van der Waals surface area contributed by atoms with Crippen LogP contribution in [0.3, 0.4) is 0 Å². The molecule has 0 aliphatic carbocycles. The maximum absolute atomic E-state index is 12.1. The molecule has 0 heterocycles. The van der Waals surface area contributed by atoms with Crippen LogP contribution in [-0.4, -0.2) is 41.6 Å². The van der Waals surface area contributed by atoms with Crippen LogP contribution in [0.5, 0.6) is 5.75 Å². The van der Waals surface area contributed by atoms with Gasteiger partial charge in [-0.15, -0.1) is 0 Å². The fourth-order valence-corrected chi connectivity index (χ4v) is 1.81. The van der Waals surface area contributed by atoms with Gasteiger partial charge in [0.1, 0.15) is 5.75 Å². The average molecular weight is 280 g/mol. The molecule has 0 spiro atoms. The summed E-state index contributed by atoms with van der Waals surface area (Å²) >= 11 is 0. The fourth-order valence-electron chi connectivity index (χ4n) is 1.81. The number of ether oxygens (including phenoxy) is 1. The summed E-state index contributed by atoms with van der Waals surface area (Å²) in [6.07, 6.45) is -0.363. The first-order valence-electron chi connectivity index (χ1n) is 6.37. The summed E-state index contributed by atoms with van der Waals surface area (Å²) in [5.41, 5.74) is 6.54. The van der Waals surface area contributed by atoms with Gasteiger partial charge in [-0.3, -0.25) is 9.59 Å². The van der Waals surface area contributed by atoms with Crippen molar-refractivity contribution in [2.45, 2.75) is 25.9 Å². The van der Waals surface area contributed by atoms with Crippen molar-refractivity contribution in [3.63, 3.8) is 0 Å². The third-order valence-corrected chi connectivity index (χ3v) is 2.94. The molecule has 20 heavy (non-hydrogen) atoms. The summed E-state index contributed by atoms with van der Waals surface area (Å²) in [7, 11) is 1.59. The number of aliphatic carboxylic acids is 1. The largest absolute Gasteiger partial charge is 0.497 e. The van der Waals surface area contributed by atoms with Gasteiger partial charge in [0.15, 0.2) is 0 Å².